The summed E-state index contributed by atoms with van der Waals surface area (Å²) in [7, 11) is 0.361. The SMILES string of the molecule is C[Si](C)C.C[Si](C)C.C[Si](C)C.FC(F)(F)c1ccccc1/C=[CH]\[Ge]. The quantitative estimate of drug-likeness (QED) is 0.395. The van der Waals surface area contributed by atoms with Gasteiger partial charge in [0, 0.05) is 26.4 Å². The van der Waals surface area contributed by atoms with E-state index >= 15 is 0 Å². The Morgan fingerprint density at radius 1 is 0.760 bits per heavy atom. The van der Waals surface area contributed by atoms with Crippen LogP contribution in [0.4, 0.5) is 13.2 Å². The van der Waals surface area contributed by atoms with Crippen LogP contribution in [0.25, 0.3) is 6.08 Å². The average molecular weight is 463 g/mol. The Kier molecular flexibility index (Phi) is 20.6. The molecule has 0 atom stereocenters. The maximum atomic E-state index is 12.3. The summed E-state index contributed by atoms with van der Waals surface area (Å²) in [6, 6.07) is 5.50. The summed E-state index contributed by atoms with van der Waals surface area (Å²) < 4.78 is 37.0. The molecule has 25 heavy (non-hydrogen) atoms. The number of benzene rings is 1. The Labute approximate surface area is 167 Å². The molecule has 1 aromatic carbocycles. The van der Waals surface area contributed by atoms with Crippen molar-refractivity contribution in [3.05, 3.63) is 40.3 Å². The first-order valence-corrected chi connectivity index (χ1v) is 18.3. The normalized spacial score (nSPS) is 10.7. The van der Waals surface area contributed by atoms with E-state index in [4.69, 9.17) is 0 Å². The summed E-state index contributed by atoms with van der Waals surface area (Å²) in [4.78, 5) is 1.59. The number of alkyl halides is 3. The zero-order chi connectivity index (χ0) is 20.6. The van der Waals surface area contributed by atoms with E-state index in [-0.39, 0.29) is 32.0 Å². The van der Waals surface area contributed by atoms with Gasteiger partial charge < -0.3 is 0 Å². The van der Waals surface area contributed by atoms with E-state index < -0.39 is 11.7 Å². The predicted molar refractivity (Wildman–Crippen MR) is 116 cm³/mol. The van der Waals surface area contributed by atoms with Gasteiger partial charge in [0.2, 0.25) is 0 Å². The first-order valence-electron chi connectivity index (χ1n) is 8.05. The van der Waals surface area contributed by atoms with Crippen molar-refractivity contribution in [2.24, 2.45) is 0 Å². The van der Waals surface area contributed by atoms with Gasteiger partial charge in [0.15, 0.2) is 0 Å². The van der Waals surface area contributed by atoms with Gasteiger partial charge in [-0.05, 0) is 0 Å². The molecule has 1 aromatic rings. The Bertz CT molecular complexity index is 423. The molecule has 0 amide bonds. The van der Waals surface area contributed by atoms with Gasteiger partial charge in [-0.2, -0.15) is 0 Å². The molecule has 0 unspecified atom stereocenters. The van der Waals surface area contributed by atoms with E-state index in [1.807, 2.05) is 0 Å². The van der Waals surface area contributed by atoms with Crippen molar-refractivity contribution >= 4 is 49.0 Å². The molecule has 0 N–H and O–H groups in total. The topological polar surface area (TPSA) is 0 Å². The van der Waals surface area contributed by atoms with Crippen molar-refractivity contribution in [2.75, 3.05) is 0 Å². The molecule has 0 fully saturated rings. The Morgan fingerprint density at radius 2 is 1.08 bits per heavy atom. The molecule has 0 spiro atoms. The van der Waals surface area contributed by atoms with E-state index in [0.717, 1.165) is 6.07 Å². The molecule has 0 nitrogen and oxygen atoms in total. The molecule has 0 aliphatic rings. The molecule has 7 heteroatoms. The molecule has 142 valence electrons. The van der Waals surface area contributed by atoms with Crippen molar-refractivity contribution in [3.63, 3.8) is 0 Å². The number of hydrogen-bond acceptors (Lipinski definition) is 0. The maximum absolute atomic E-state index is 12.3. The van der Waals surface area contributed by atoms with Gasteiger partial charge in [-0.15, -0.1) is 0 Å². The van der Waals surface area contributed by atoms with Crippen molar-refractivity contribution in [2.45, 2.75) is 65.1 Å². The molecule has 0 saturated carbocycles. The van der Waals surface area contributed by atoms with E-state index in [1.54, 1.807) is 27.5 Å². The third-order valence-electron chi connectivity index (χ3n) is 1.53. The van der Waals surface area contributed by atoms with E-state index in [1.165, 1.54) is 18.2 Å². The molecule has 0 bridgehead atoms. The van der Waals surface area contributed by atoms with Crippen LogP contribution in [0.15, 0.2) is 29.2 Å². The Balaban J connectivity index is -0.000000333. The summed E-state index contributed by atoms with van der Waals surface area (Å²) >= 11 is 1.69. The summed E-state index contributed by atoms with van der Waals surface area (Å²) in [6.07, 6.45) is -2.82. The monoisotopic (exact) mass is 464 g/mol. The number of rotatable bonds is 1. The van der Waals surface area contributed by atoms with E-state index in [9.17, 15) is 13.2 Å². The fourth-order valence-electron chi connectivity index (χ4n) is 0.990. The van der Waals surface area contributed by atoms with Crippen LogP contribution < -0.4 is 0 Å². The average Bonchev–Trinajstić information content (AvgIpc) is 2.36. The molecule has 0 aliphatic carbocycles. The second-order valence-electron chi connectivity index (χ2n) is 6.92. The van der Waals surface area contributed by atoms with Crippen molar-refractivity contribution in [1.82, 2.24) is 0 Å². The molecular formula is C18H33F3GeSi3. The molecule has 0 heterocycles. The Hall–Kier alpha value is -0.0565. The van der Waals surface area contributed by atoms with Gasteiger partial charge in [-0.25, -0.2) is 0 Å². The van der Waals surface area contributed by atoms with Gasteiger partial charge in [0.1, 0.15) is 0 Å². The van der Waals surface area contributed by atoms with Crippen LogP contribution in [-0.4, -0.2) is 42.9 Å². The van der Waals surface area contributed by atoms with Gasteiger partial charge in [0.25, 0.3) is 0 Å². The zero-order valence-corrected chi connectivity index (χ0v) is 22.2. The second-order valence-corrected chi connectivity index (χ2v) is 16.6. The first kappa shape index (κ1) is 29.7. The Morgan fingerprint density at radius 3 is 1.36 bits per heavy atom. The van der Waals surface area contributed by atoms with Crippen LogP contribution >= 0.6 is 0 Å². The summed E-state index contributed by atoms with van der Waals surface area (Å²) in [5.41, 5.74) is -0.384. The predicted octanol–water partition coefficient (Wildman–Crippen LogP) is 6.96. The standard InChI is InChI=1S/C9H6F3Ge.3C3H9Si/c10-9(11,12)8-4-2-1-3-7(8)5-6-13;3*1-4(2)3/h1-6H;3*1-3H3/b6-5-;;;. The fraction of sp³-hybridized carbons (Fsp3) is 0.556. The summed E-state index contributed by atoms with van der Waals surface area (Å²) in [5, 5.41) is 0. The number of hydrogen-bond donors (Lipinski definition) is 0. The molecule has 6 radical (unpaired) electrons. The molecule has 1 rings (SSSR count). The summed E-state index contributed by atoms with van der Waals surface area (Å²) in [5.74, 6) is 0. The molecule has 0 aliphatic heterocycles. The van der Waals surface area contributed by atoms with E-state index in [0.29, 0.717) is 0 Å². The van der Waals surface area contributed by atoms with Gasteiger partial charge in [0.05, 0.1) is 0 Å². The van der Waals surface area contributed by atoms with Crippen LogP contribution in [0.5, 0.6) is 0 Å². The number of halogens is 3. The van der Waals surface area contributed by atoms with Crippen molar-refractivity contribution in [3.8, 4) is 0 Å². The van der Waals surface area contributed by atoms with Crippen LogP contribution in [0.2, 0.25) is 58.9 Å². The molecule has 0 saturated heterocycles. The fourth-order valence-corrected chi connectivity index (χ4v) is 1.37. The molecule has 0 aromatic heterocycles. The van der Waals surface area contributed by atoms with Crippen LogP contribution in [0, 0.1) is 0 Å². The van der Waals surface area contributed by atoms with Crippen LogP contribution in [0.3, 0.4) is 0 Å². The van der Waals surface area contributed by atoms with Crippen molar-refractivity contribution in [1.29, 1.82) is 0 Å². The van der Waals surface area contributed by atoms with Gasteiger partial charge in [-0.1, -0.05) is 58.9 Å². The van der Waals surface area contributed by atoms with Crippen LogP contribution in [-0.2, 0) is 6.18 Å². The van der Waals surface area contributed by atoms with Gasteiger partial charge in [-0.3, -0.25) is 0 Å². The molecular weight excluding hydrogens is 430 g/mol. The van der Waals surface area contributed by atoms with Gasteiger partial charge >= 0.3 is 82.2 Å². The second kappa shape index (κ2) is 17.4. The summed E-state index contributed by atoms with van der Waals surface area (Å²) in [6.45, 7) is 20.4. The van der Waals surface area contributed by atoms with E-state index in [2.05, 4.69) is 58.9 Å². The van der Waals surface area contributed by atoms with Crippen molar-refractivity contribution < 1.29 is 13.2 Å². The van der Waals surface area contributed by atoms with Crippen LogP contribution in [0.1, 0.15) is 11.1 Å². The third kappa shape index (κ3) is 29.0. The minimum atomic E-state index is -4.27. The first-order chi connectivity index (χ1) is 11.3. The third-order valence-corrected chi connectivity index (χ3v) is 1.88. The minimum absolute atomic E-state index is 0.120. The zero-order valence-electron chi connectivity index (χ0n) is 17.1.